The van der Waals surface area contributed by atoms with Crippen LogP contribution in [0.1, 0.15) is 30.0 Å². The molecule has 1 N–H and O–H groups in total. The number of esters is 1. The molecule has 12 heteroatoms. The topological polar surface area (TPSA) is 83.9 Å². The minimum atomic E-state index is -3.17. The SMILES string of the molecule is CCOC(=O)C1=C2C[C@H](NC(=O)C(F)F)CN2C(c2nccs2)=NC1c1ccc(F)cc1Cl. The number of benzene rings is 1. The molecule has 0 saturated carbocycles. The second kappa shape index (κ2) is 9.52. The van der Waals surface area contributed by atoms with Crippen LogP contribution in [0.3, 0.4) is 0 Å². The molecule has 1 aromatic carbocycles. The molecule has 2 aliphatic rings. The number of fused-ring (bicyclic) bond motifs is 1. The van der Waals surface area contributed by atoms with Gasteiger partial charge in [-0.15, -0.1) is 11.3 Å². The van der Waals surface area contributed by atoms with Crippen molar-refractivity contribution in [1.29, 1.82) is 0 Å². The fourth-order valence-electron chi connectivity index (χ4n) is 3.87. The number of alkyl halides is 2. The van der Waals surface area contributed by atoms with Crippen molar-refractivity contribution >= 4 is 40.6 Å². The molecular formula is C21H18ClF3N4O3S. The van der Waals surface area contributed by atoms with E-state index in [0.717, 1.165) is 6.07 Å². The highest BCUT2D eigenvalue weighted by molar-refractivity contribution is 7.11. The molecule has 174 valence electrons. The standard InChI is InChI=1S/C21H18ClF3N4O3S/c1-2-32-21(31)15-14-8-11(27-19(30)17(24)25)9-29(14)18(20-26-5-6-33-20)28-16(15)12-4-3-10(23)7-13(12)22/h3-7,11,16-17H,2,8-9H2,1H3,(H,27,30)/t11-,16?/m0/s1. The Hall–Kier alpha value is -2.92. The first-order valence-corrected chi connectivity index (χ1v) is 11.2. The third kappa shape index (κ3) is 4.60. The Balaban J connectivity index is 1.85. The van der Waals surface area contributed by atoms with Gasteiger partial charge in [0.05, 0.1) is 18.2 Å². The number of thiazole rings is 1. The first-order chi connectivity index (χ1) is 15.8. The zero-order valence-electron chi connectivity index (χ0n) is 17.2. The van der Waals surface area contributed by atoms with E-state index in [2.05, 4.69) is 10.3 Å². The number of carbonyl (C=O) groups is 2. The molecule has 3 heterocycles. The van der Waals surface area contributed by atoms with Gasteiger partial charge in [-0.3, -0.25) is 9.79 Å². The summed E-state index contributed by atoms with van der Waals surface area (Å²) in [5, 5.41) is 4.64. The number of halogens is 4. The van der Waals surface area contributed by atoms with E-state index in [-0.39, 0.29) is 30.2 Å². The number of nitrogens with one attached hydrogen (secondary N) is 1. The maximum Gasteiger partial charge on any atom is 0.338 e. The highest BCUT2D eigenvalue weighted by Crippen LogP contribution is 2.42. The number of amidine groups is 1. The summed E-state index contributed by atoms with van der Waals surface area (Å²) >= 11 is 7.61. The lowest BCUT2D eigenvalue weighted by atomic mass is 9.94. The number of amides is 1. The molecule has 1 aromatic heterocycles. The Labute approximate surface area is 195 Å². The van der Waals surface area contributed by atoms with Gasteiger partial charge in [0.1, 0.15) is 11.9 Å². The summed E-state index contributed by atoms with van der Waals surface area (Å²) in [5.74, 6) is -2.21. The fourth-order valence-corrected chi connectivity index (χ4v) is 4.79. The van der Waals surface area contributed by atoms with E-state index in [1.54, 1.807) is 23.4 Å². The van der Waals surface area contributed by atoms with Crippen molar-refractivity contribution in [1.82, 2.24) is 15.2 Å². The Bertz CT molecular complexity index is 1140. The molecule has 2 aliphatic heterocycles. The van der Waals surface area contributed by atoms with E-state index in [4.69, 9.17) is 21.3 Å². The van der Waals surface area contributed by atoms with Gasteiger partial charge in [0, 0.05) is 40.8 Å². The van der Waals surface area contributed by atoms with Crippen molar-refractivity contribution in [3.63, 3.8) is 0 Å². The largest absolute Gasteiger partial charge is 0.463 e. The molecule has 1 fully saturated rings. The molecule has 4 rings (SSSR count). The molecule has 2 atom stereocenters. The number of nitrogens with zero attached hydrogens (tertiary/aromatic N) is 3. The number of ether oxygens (including phenoxy) is 1. The number of hydrogen-bond donors (Lipinski definition) is 1. The van der Waals surface area contributed by atoms with E-state index < -0.39 is 36.2 Å². The van der Waals surface area contributed by atoms with Gasteiger partial charge < -0.3 is 15.0 Å². The van der Waals surface area contributed by atoms with Crippen molar-refractivity contribution < 1.29 is 27.5 Å². The lowest BCUT2D eigenvalue weighted by Crippen LogP contribution is -2.41. The van der Waals surface area contributed by atoms with Crippen molar-refractivity contribution in [3.8, 4) is 0 Å². The zero-order chi connectivity index (χ0) is 23.7. The normalized spacial score (nSPS) is 20.1. The number of carbonyl (C=O) groups excluding carboxylic acids is 2. The highest BCUT2D eigenvalue weighted by Gasteiger charge is 2.43. The third-order valence-electron chi connectivity index (χ3n) is 5.18. The Morgan fingerprint density at radius 3 is 2.82 bits per heavy atom. The van der Waals surface area contributed by atoms with Gasteiger partial charge >= 0.3 is 12.4 Å². The zero-order valence-corrected chi connectivity index (χ0v) is 18.8. The first-order valence-electron chi connectivity index (χ1n) is 9.99. The van der Waals surface area contributed by atoms with Crippen LogP contribution in [-0.2, 0) is 14.3 Å². The van der Waals surface area contributed by atoms with Crippen LogP contribution in [0, 0.1) is 5.82 Å². The van der Waals surface area contributed by atoms with E-state index in [1.807, 2.05) is 0 Å². The van der Waals surface area contributed by atoms with E-state index >= 15 is 0 Å². The molecule has 1 unspecified atom stereocenters. The Morgan fingerprint density at radius 2 is 2.18 bits per heavy atom. The summed E-state index contributed by atoms with van der Waals surface area (Å²) in [6.07, 6.45) is -1.50. The predicted octanol–water partition coefficient (Wildman–Crippen LogP) is 3.71. The number of aromatic nitrogens is 1. The minimum Gasteiger partial charge on any atom is -0.463 e. The number of aliphatic imine (C=N–C) groups is 1. The molecule has 0 bridgehead atoms. The average molecular weight is 499 g/mol. The van der Waals surface area contributed by atoms with Crippen molar-refractivity contribution in [2.75, 3.05) is 13.2 Å². The monoisotopic (exact) mass is 498 g/mol. The van der Waals surface area contributed by atoms with Crippen LogP contribution in [0.4, 0.5) is 13.2 Å². The maximum atomic E-state index is 13.7. The second-order valence-electron chi connectivity index (χ2n) is 7.26. The molecule has 2 aromatic rings. The summed E-state index contributed by atoms with van der Waals surface area (Å²) in [4.78, 5) is 35.3. The molecule has 1 amide bonds. The fraction of sp³-hybridized carbons (Fsp3) is 0.333. The summed E-state index contributed by atoms with van der Waals surface area (Å²) in [6.45, 7) is 1.85. The van der Waals surface area contributed by atoms with Crippen LogP contribution >= 0.6 is 22.9 Å². The van der Waals surface area contributed by atoms with Crippen LogP contribution in [0.15, 0.2) is 46.0 Å². The maximum absolute atomic E-state index is 13.7. The van der Waals surface area contributed by atoms with Crippen LogP contribution in [-0.4, -0.2) is 53.2 Å². The molecular weight excluding hydrogens is 481 g/mol. The number of hydrogen-bond acceptors (Lipinski definition) is 7. The van der Waals surface area contributed by atoms with Gasteiger partial charge in [-0.1, -0.05) is 17.7 Å². The van der Waals surface area contributed by atoms with Crippen LogP contribution in [0.2, 0.25) is 5.02 Å². The molecule has 0 spiro atoms. The molecule has 0 radical (unpaired) electrons. The van der Waals surface area contributed by atoms with Gasteiger partial charge in [0.15, 0.2) is 10.8 Å². The lowest BCUT2D eigenvalue weighted by molar-refractivity contribution is -0.139. The van der Waals surface area contributed by atoms with Crippen molar-refractivity contribution in [2.45, 2.75) is 31.9 Å². The van der Waals surface area contributed by atoms with Gasteiger partial charge in [-0.05, 0) is 19.1 Å². The van der Waals surface area contributed by atoms with Crippen molar-refractivity contribution in [2.24, 2.45) is 4.99 Å². The van der Waals surface area contributed by atoms with Gasteiger partial charge in [0.2, 0.25) is 0 Å². The van der Waals surface area contributed by atoms with Crippen LogP contribution < -0.4 is 5.32 Å². The summed E-state index contributed by atoms with van der Waals surface area (Å²) in [5.41, 5.74) is 0.987. The molecule has 1 saturated heterocycles. The van der Waals surface area contributed by atoms with Gasteiger partial charge in [-0.2, -0.15) is 8.78 Å². The van der Waals surface area contributed by atoms with E-state index in [9.17, 15) is 22.8 Å². The number of rotatable bonds is 6. The second-order valence-corrected chi connectivity index (χ2v) is 8.56. The lowest BCUT2D eigenvalue weighted by Gasteiger charge is -2.31. The molecule has 33 heavy (non-hydrogen) atoms. The van der Waals surface area contributed by atoms with E-state index in [1.165, 1.54) is 23.5 Å². The van der Waals surface area contributed by atoms with Crippen LogP contribution in [0.25, 0.3) is 0 Å². The van der Waals surface area contributed by atoms with Gasteiger partial charge in [0.25, 0.3) is 5.91 Å². The first kappa shape index (κ1) is 23.2. The predicted molar refractivity (Wildman–Crippen MR) is 116 cm³/mol. The minimum absolute atomic E-state index is 0.0682. The highest BCUT2D eigenvalue weighted by atomic mass is 35.5. The Kier molecular flexibility index (Phi) is 6.71. The summed E-state index contributed by atoms with van der Waals surface area (Å²) in [7, 11) is 0. The smallest absolute Gasteiger partial charge is 0.338 e. The molecule has 0 aliphatic carbocycles. The van der Waals surface area contributed by atoms with Gasteiger partial charge in [-0.25, -0.2) is 14.2 Å². The van der Waals surface area contributed by atoms with Crippen molar-refractivity contribution in [3.05, 3.63) is 62.5 Å². The van der Waals surface area contributed by atoms with E-state index in [0.29, 0.717) is 22.1 Å². The Morgan fingerprint density at radius 1 is 1.39 bits per heavy atom. The third-order valence-corrected chi connectivity index (χ3v) is 6.28. The quantitative estimate of drug-likeness (QED) is 0.614. The summed E-state index contributed by atoms with van der Waals surface area (Å²) in [6, 6.07) is 2.13. The average Bonchev–Trinajstić information content (AvgIpc) is 3.42. The summed E-state index contributed by atoms with van der Waals surface area (Å²) < 4.78 is 44.6. The molecule has 7 nitrogen and oxygen atoms in total. The van der Waals surface area contributed by atoms with Crippen LogP contribution in [0.5, 0.6) is 0 Å².